The first-order valence-electron chi connectivity index (χ1n) is 5.58. The fraction of sp³-hybridized carbons (Fsp3) is 1.00. The molecule has 2 atom stereocenters. The molecule has 3 aliphatic rings. The van der Waals surface area contributed by atoms with Crippen molar-refractivity contribution in [3.8, 4) is 0 Å². The van der Waals surface area contributed by atoms with Crippen LogP contribution in [0, 0.1) is 10.8 Å². The van der Waals surface area contributed by atoms with Crippen LogP contribution in [0.15, 0.2) is 0 Å². The quantitative estimate of drug-likeness (QED) is 0.557. The van der Waals surface area contributed by atoms with E-state index in [1.165, 1.54) is 32.1 Å². The van der Waals surface area contributed by atoms with Crippen molar-refractivity contribution in [3.63, 3.8) is 0 Å². The molecule has 0 spiro atoms. The van der Waals surface area contributed by atoms with Crippen LogP contribution in [0.4, 0.5) is 0 Å². The summed E-state index contributed by atoms with van der Waals surface area (Å²) in [5.74, 6) is 0. The van der Waals surface area contributed by atoms with Gasteiger partial charge in [-0.1, -0.05) is 19.3 Å². The maximum atomic E-state index is 6.51. The molecule has 0 aromatic rings. The van der Waals surface area contributed by atoms with Crippen LogP contribution in [0.1, 0.15) is 44.9 Å². The molecule has 0 bridgehead atoms. The van der Waals surface area contributed by atoms with Gasteiger partial charge in [0.05, 0.1) is 0 Å². The lowest BCUT2D eigenvalue weighted by atomic mass is 9.92. The molecular weight excluding hydrogens is 238 g/mol. The molecule has 0 saturated heterocycles. The zero-order valence-corrected chi connectivity index (χ0v) is 10.4. The Morgan fingerprint density at radius 1 is 0.857 bits per heavy atom. The lowest BCUT2D eigenvalue weighted by Gasteiger charge is -2.19. The summed E-state index contributed by atoms with van der Waals surface area (Å²) in [6.45, 7) is 0. The standard InChI is InChI=1S/C11H15Cl3/c12-8-6-9-4-2-1-3-5-10(9,7-8)11(9,13)14/h8H,1-7H2. The highest BCUT2D eigenvalue weighted by atomic mass is 35.5. The largest absolute Gasteiger partial charge is 0.130 e. The molecule has 0 heterocycles. The summed E-state index contributed by atoms with van der Waals surface area (Å²) in [5.41, 5.74) is 0.373. The van der Waals surface area contributed by atoms with Crippen LogP contribution < -0.4 is 0 Å². The molecule has 3 saturated carbocycles. The summed E-state index contributed by atoms with van der Waals surface area (Å²) < 4.78 is -0.453. The second-order valence-electron chi connectivity index (χ2n) is 5.30. The van der Waals surface area contributed by atoms with Gasteiger partial charge < -0.3 is 0 Å². The van der Waals surface area contributed by atoms with Gasteiger partial charge in [-0.25, -0.2) is 0 Å². The van der Waals surface area contributed by atoms with Gasteiger partial charge in [0, 0.05) is 16.2 Å². The lowest BCUT2D eigenvalue weighted by Crippen LogP contribution is -2.16. The average Bonchev–Trinajstić information content (AvgIpc) is 2.35. The van der Waals surface area contributed by atoms with Crippen molar-refractivity contribution < 1.29 is 0 Å². The molecule has 0 aliphatic heterocycles. The van der Waals surface area contributed by atoms with Crippen molar-refractivity contribution in [1.82, 2.24) is 0 Å². The Morgan fingerprint density at radius 3 is 1.86 bits per heavy atom. The smallest absolute Gasteiger partial charge is 0.123 e. The summed E-state index contributed by atoms with van der Waals surface area (Å²) in [4.78, 5) is 0. The van der Waals surface area contributed by atoms with E-state index in [2.05, 4.69) is 0 Å². The van der Waals surface area contributed by atoms with E-state index in [-0.39, 0.29) is 10.8 Å². The van der Waals surface area contributed by atoms with Crippen molar-refractivity contribution in [1.29, 1.82) is 0 Å². The highest BCUT2D eigenvalue weighted by Crippen LogP contribution is 2.88. The second kappa shape index (κ2) is 2.76. The molecule has 0 N–H and O–H groups in total. The van der Waals surface area contributed by atoms with Crippen molar-refractivity contribution >= 4 is 34.8 Å². The van der Waals surface area contributed by atoms with Gasteiger partial charge in [0.1, 0.15) is 4.33 Å². The number of rotatable bonds is 0. The molecule has 0 radical (unpaired) electrons. The third kappa shape index (κ3) is 0.862. The van der Waals surface area contributed by atoms with Crippen LogP contribution in [0.5, 0.6) is 0 Å². The topological polar surface area (TPSA) is 0 Å². The van der Waals surface area contributed by atoms with E-state index in [1.54, 1.807) is 0 Å². The Bertz CT molecular complexity index is 252. The zero-order valence-electron chi connectivity index (χ0n) is 8.16. The van der Waals surface area contributed by atoms with E-state index in [0.717, 1.165) is 12.8 Å². The van der Waals surface area contributed by atoms with Crippen molar-refractivity contribution in [2.45, 2.75) is 54.7 Å². The third-order valence-electron chi connectivity index (χ3n) is 4.90. The monoisotopic (exact) mass is 252 g/mol. The molecule has 0 aromatic carbocycles. The Hall–Kier alpha value is 0.870. The van der Waals surface area contributed by atoms with Gasteiger partial charge in [0.2, 0.25) is 0 Å². The van der Waals surface area contributed by atoms with Crippen LogP contribution in [0.25, 0.3) is 0 Å². The molecule has 0 nitrogen and oxygen atoms in total. The molecule has 80 valence electrons. The predicted molar refractivity (Wildman–Crippen MR) is 61.3 cm³/mol. The van der Waals surface area contributed by atoms with Crippen molar-refractivity contribution in [2.75, 3.05) is 0 Å². The molecule has 0 amide bonds. The molecule has 3 aliphatic carbocycles. The summed E-state index contributed by atoms with van der Waals surface area (Å²) in [6, 6.07) is 0. The Labute approximate surface area is 100 Å². The summed E-state index contributed by atoms with van der Waals surface area (Å²) in [5, 5.41) is 0.318. The third-order valence-corrected chi connectivity index (χ3v) is 6.66. The Morgan fingerprint density at radius 2 is 1.36 bits per heavy atom. The number of hydrogen-bond acceptors (Lipinski definition) is 0. The highest BCUT2D eigenvalue weighted by molar-refractivity contribution is 6.52. The molecule has 14 heavy (non-hydrogen) atoms. The minimum absolute atomic E-state index is 0.187. The number of alkyl halides is 3. The molecular formula is C11H15Cl3. The van der Waals surface area contributed by atoms with Gasteiger partial charge in [-0.3, -0.25) is 0 Å². The van der Waals surface area contributed by atoms with Gasteiger partial charge in [-0.15, -0.1) is 34.8 Å². The van der Waals surface area contributed by atoms with Crippen molar-refractivity contribution in [2.24, 2.45) is 10.8 Å². The highest BCUT2D eigenvalue weighted by Gasteiger charge is 2.87. The summed E-state index contributed by atoms with van der Waals surface area (Å²) >= 11 is 19.3. The molecule has 0 aromatic heterocycles. The molecule has 3 fully saturated rings. The van der Waals surface area contributed by atoms with Gasteiger partial charge in [0.15, 0.2) is 0 Å². The van der Waals surface area contributed by atoms with Crippen LogP contribution in [0.3, 0.4) is 0 Å². The normalized spacial score (nSPS) is 54.6. The van der Waals surface area contributed by atoms with Crippen molar-refractivity contribution in [3.05, 3.63) is 0 Å². The zero-order chi connectivity index (χ0) is 10.0. The van der Waals surface area contributed by atoms with Crippen LogP contribution in [0.2, 0.25) is 0 Å². The first kappa shape index (κ1) is 10.1. The Balaban J connectivity index is 2.00. The predicted octanol–water partition coefficient (Wildman–Crippen LogP) is 4.51. The first-order valence-corrected chi connectivity index (χ1v) is 6.77. The molecule has 2 unspecified atom stereocenters. The molecule has 3 heteroatoms. The minimum atomic E-state index is -0.453. The van der Waals surface area contributed by atoms with Crippen LogP contribution >= 0.6 is 34.8 Å². The lowest BCUT2D eigenvalue weighted by molar-refractivity contribution is 0.367. The van der Waals surface area contributed by atoms with Gasteiger partial charge in [0.25, 0.3) is 0 Å². The van der Waals surface area contributed by atoms with Crippen LogP contribution in [-0.2, 0) is 0 Å². The van der Waals surface area contributed by atoms with Crippen LogP contribution in [-0.4, -0.2) is 9.71 Å². The summed E-state index contributed by atoms with van der Waals surface area (Å²) in [7, 11) is 0. The van der Waals surface area contributed by atoms with Gasteiger partial charge in [-0.05, 0) is 25.7 Å². The molecule has 3 rings (SSSR count). The van der Waals surface area contributed by atoms with E-state index < -0.39 is 4.33 Å². The maximum Gasteiger partial charge on any atom is 0.130 e. The SMILES string of the molecule is ClC1CC23CCCCCC2(C1)C3(Cl)Cl. The van der Waals surface area contributed by atoms with Gasteiger partial charge >= 0.3 is 0 Å². The summed E-state index contributed by atoms with van der Waals surface area (Å²) in [6.07, 6.45) is 8.40. The van der Waals surface area contributed by atoms with E-state index in [0.29, 0.717) is 5.38 Å². The second-order valence-corrected chi connectivity index (χ2v) is 7.25. The fourth-order valence-corrected chi connectivity index (χ4v) is 6.09. The maximum absolute atomic E-state index is 6.51. The average molecular weight is 254 g/mol. The minimum Gasteiger partial charge on any atom is -0.123 e. The number of hydrogen-bond donors (Lipinski definition) is 0. The fourth-order valence-electron chi connectivity index (χ4n) is 4.24. The Kier molecular flexibility index (Phi) is 1.98. The van der Waals surface area contributed by atoms with E-state index >= 15 is 0 Å². The van der Waals surface area contributed by atoms with E-state index in [4.69, 9.17) is 34.8 Å². The van der Waals surface area contributed by atoms with E-state index in [9.17, 15) is 0 Å². The van der Waals surface area contributed by atoms with Gasteiger partial charge in [-0.2, -0.15) is 0 Å². The first-order chi connectivity index (χ1) is 6.56. The number of halogens is 3. The van der Waals surface area contributed by atoms with E-state index in [1.807, 2.05) is 0 Å².